The van der Waals surface area contributed by atoms with E-state index >= 15 is 0 Å². The van der Waals surface area contributed by atoms with Gasteiger partial charge in [0.05, 0.1) is 0 Å². The summed E-state index contributed by atoms with van der Waals surface area (Å²) < 4.78 is 4.97. The number of nitrogens with zero attached hydrogens (tertiary/aromatic N) is 1. The van der Waals surface area contributed by atoms with E-state index in [1.54, 1.807) is 13.8 Å². The Labute approximate surface area is 163 Å². The topological polar surface area (TPSA) is 134 Å². The molecule has 1 saturated carbocycles. The molecule has 1 spiro atoms. The SMILES string of the molecule is CC(C)NC(=O)NC(=O)[C@H](C)OC(=O)CN1C(=O)N[C@@]2(CCCC[C@H]2C)C1=O. The minimum atomic E-state index is -1.26. The molecular formula is C18H28N4O6. The lowest BCUT2D eigenvalue weighted by Crippen LogP contribution is -2.54. The quantitative estimate of drug-likeness (QED) is 0.461. The van der Waals surface area contributed by atoms with Crippen LogP contribution in [0.1, 0.15) is 53.4 Å². The number of hydrogen-bond donors (Lipinski definition) is 3. The summed E-state index contributed by atoms with van der Waals surface area (Å²) >= 11 is 0. The molecule has 2 aliphatic rings. The van der Waals surface area contributed by atoms with Crippen LogP contribution in [-0.2, 0) is 19.1 Å². The van der Waals surface area contributed by atoms with Crippen molar-refractivity contribution >= 4 is 29.8 Å². The van der Waals surface area contributed by atoms with Gasteiger partial charge in [-0.05, 0) is 39.5 Å². The highest BCUT2D eigenvalue weighted by Crippen LogP contribution is 2.38. The Kier molecular flexibility index (Phi) is 6.63. The third kappa shape index (κ3) is 4.60. The maximum atomic E-state index is 12.8. The monoisotopic (exact) mass is 396 g/mol. The smallest absolute Gasteiger partial charge is 0.327 e. The summed E-state index contributed by atoms with van der Waals surface area (Å²) in [6.45, 7) is 6.08. The van der Waals surface area contributed by atoms with Gasteiger partial charge in [0.25, 0.3) is 11.8 Å². The highest BCUT2D eigenvalue weighted by molar-refractivity contribution is 6.09. The Balaban J connectivity index is 1.92. The normalized spacial score (nSPS) is 25.5. The van der Waals surface area contributed by atoms with Crippen LogP contribution in [0.5, 0.6) is 0 Å². The van der Waals surface area contributed by atoms with Crippen molar-refractivity contribution < 1.29 is 28.7 Å². The summed E-state index contributed by atoms with van der Waals surface area (Å²) in [6.07, 6.45) is 1.91. The molecule has 0 unspecified atom stereocenters. The second kappa shape index (κ2) is 8.57. The van der Waals surface area contributed by atoms with Gasteiger partial charge < -0.3 is 15.4 Å². The maximum Gasteiger partial charge on any atom is 0.327 e. The number of esters is 1. The van der Waals surface area contributed by atoms with Gasteiger partial charge in [0.2, 0.25) is 0 Å². The Morgan fingerprint density at radius 2 is 1.93 bits per heavy atom. The first kappa shape index (κ1) is 21.6. The first-order chi connectivity index (χ1) is 13.1. The van der Waals surface area contributed by atoms with Gasteiger partial charge in [-0.25, -0.2) is 9.59 Å². The zero-order valence-corrected chi connectivity index (χ0v) is 16.7. The van der Waals surface area contributed by atoms with Crippen molar-refractivity contribution in [2.24, 2.45) is 5.92 Å². The van der Waals surface area contributed by atoms with Crippen molar-refractivity contribution in [3.63, 3.8) is 0 Å². The molecule has 28 heavy (non-hydrogen) atoms. The van der Waals surface area contributed by atoms with Gasteiger partial charge in [0.15, 0.2) is 6.10 Å². The number of hydrogen-bond acceptors (Lipinski definition) is 6. The van der Waals surface area contributed by atoms with E-state index in [0.29, 0.717) is 6.42 Å². The van der Waals surface area contributed by atoms with Crippen molar-refractivity contribution in [1.29, 1.82) is 0 Å². The van der Waals surface area contributed by atoms with Crippen LogP contribution in [0.25, 0.3) is 0 Å². The Bertz CT molecular complexity index is 679. The number of ether oxygens (including phenoxy) is 1. The van der Waals surface area contributed by atoms with E-state index in [1.165, 1.54) is 6.92 Å². The summed E-state index contributed by atoms with van der Waals surface area (Å²) in [4.78, 5) is 61.5. The standard InChI is InChI=1S/C18H28N4O6/c1-10(2)19-16(26)20-14(24)12(4)28-13(23)9-22-15(25)18(21-17(22)27)8-6-5-7-11(18)3/h10-12H,5-9H2,1-4H3,(H,21,27)(H2,19,20,24,26)/t11-,12+,18-/m1/s1. The van der Waals surface area contributed by atoms with Crippen molar-refractivity contribution in [2.75, 3.05) is 6.54 Å². The van der Waals surface area contributed by atoms with Gasteiger partial charge in [0, 0.05) is 6.04 Å². The molecule has 2 rings (SSSR count). The summed E-state index contributed by atoms with van der Waals surface area (Å²) in [5.41, 5.74) is -0.965. The molecule has 1 aliphatic heterocycles. The zero-order chi connectivity index (χ0) is 21.1. The van der Waals surface area contributed by atoms with Gasteiger partial charge in [-0.3, -0.25) is 24.6 Å². The molecule has 6 amide bonds. The number of carbonyl (C=O) groups excluding carboxylic acids is 5. The van der Waals surface area contributed by atoms with Crippen molar-refractivity contribution in [2.45, 2.75) is 71.1 Å². The van der Waals surface area contributed by atoms with E-state index in [9.17, 15) is 24.0 Å². The van der Waals surface area contributed by atoms with Crippen LogP contribution < -0.4 is 16.0 Å². The lowest BCUT2D eigenvalue weighted by atomic mass is 9.73. The fourth-order valence-electron chi connectivity index (χ4n) is 3.57. The Morgan fingerprint density at radius 3 is 2.54 bits per heavy atom. The number of imide groups is 2. The van der Waals surface area contributed by atoms with Crippen molar-refractivity contribution in [1.82, 2.24) is 20.9 Å². The van der Waals surface area contributed by atoms with E-state index in [2.05, 4.69) is 16.0 Å². The van der Waals surface area contributed by atoms with Crippen LogP contribution in [0.4, 0.5) is 9.59 Å². The molecule has 1 heterocycles. The van der Waals surface area contributed by atoms with E-state index in [-0.39, 0.29) is 12.0 Å². The van der Waals surface area contributed by atoms with Crippen molar-refractivity contribution in [3.8, 4) is 0 Å². The first-order valence-electron chi connectivity index (χ1n) is 9.51. The second-order valence-electron chi connectivity index (χ2n) is 7.69. The van der Waals surface area contributed by atoms with Crippen molar-refractivity contribution in [3.05, 3.63) is 0 Å². The largest absolute Gasteiger partial charge is 0.451 e. The van der Waals surface area contributed by atoms with Crippen LogP contribution in [0.2, 0.25) is 0 Å². The van der Waals surface area contributed by atoms with Crippen LogP contribution in [-0.4, -0.2) is 59.0 Å². The second-order valence-corrected chi connectivity index (χ2v) is 7.69. The molecule has 0 bridgehead atoms. The number of amides is 6. The molecule has 3 N–H and O–H groups in total. The molecule has 1 saturated heterocycles. The average Bonchev–Trinajstić information content (AvgIpc) is 2.81. The molecule has 0 aromatic rings. The summed E-state index contributed by atoms with van der Waals surface area (Å²) in [5, 5.41) is 7.27. The summed E-state index contributed by atoms with van der Waals surface area (Å²) in [7, 11) is 0. The zero-order valence-electron chi connectivity index (χ0n) is 16.7. The predicted octanol–water partition coefficient (Wildman–Crippen LogP) is 0.653. The molecule has 2 fully saturated rings. The van der Waals surface area contributed by atoms with E-state index in [0.717, 1.165) is 24.2 Å². The Hall–Kier alpha value is -2.65. The molecule has 3 atom stereocenters. The van der Waals surface area contributed by atoms with Crippen LogP contribution in [0.15, 0.2) is 0 Å². The minimum Gasteiger partial charge on any atom is -0.451 e. The molecule has 0 radical (unpaired) electrons. The van der Waals surface area contributed by atoms with Gasteiger partial charge >= 0.3 is 18.0 Å². The average molecular weight is 396 g/mol. The molecule has 1 aliphatic carbocycles. The third-order valence-corrected chi connectivity index (χ3v) is 5.12. The number of urea groups is 2. The molecule has 0 aromatic carbocycles. The predicted molar refractivity (Wildman–Crippen MR) is 98.0 cm³/mol. The van der Waals surface area contributed by atoms with E-state index < -0.39 is 48.0 Å². The lowest BCUT2D eigenvalue weighted by Gasteiger charge is -2.36. The number of nitrogens with one attached hydrogen (secondary N) is 3. The minimum absolute atomic E-state index is 0.0251. The van der Waals surface area contributed by atoms with E-state index in [4.69, 9.17) is 4.74 Å². The fraction of sp³-hybridized carbons (Fsp3) is 0.722. The maximum absolute atomic E-state index is 12.8. The summed E-state index contributed by atoms with van der Waals surface area (Å²) in [6, 6.07) is -1.51. The Morgan fingerprint density at radius 1 is 1.25 bits per heavy atom. The summed E-state index contributed by atoms with van der Waals surface area (Å²) in [5.74, 6) is -2.17. The molecule has 0 aromatic heterocycles. The first-order valence-corrected chi connectivity index (χ1v) is 9.51. The van der Waals surface area contributed by atoms with Crippen LogP contribution in [0, 0.1) is 5.92 Å². The van der Waals surface area contributed by atoms with Gasteiger partial charge in [0.1, 0.15) is 12.1 Å². The van der Waals surface area contributed by atoms with Gasteiger partial charge in [-0.1, -0.05) is 19.8 Å². The van der Waals surface area contributed by atoms with Gasteiger partial charge in [-0.2, -0.15) is 0 Å². The van der Waals surface area contributed by atoms with E-state index in [1.807, 2.05) is 6.92 Å². The molecular weight excluding hydrogens is 368 g/mol. The van der Waals surface area contributed by atoms with Gasteiger partial charge in [-0.15, -0.1) is 0 Å². The highest BCUT2D eigenvalue weighted by atomic mass is 16.5. The number of rotatable bonds is 5. The molecule has 10 nitrogen and oxygen atoms in total. The molecule has 10 heteroatoms. The number of carbonyl (C=O) groups is 5. The van der Waals surface area contributed by atoms with Crippen LogP contribution >= 0.6 is 0 Å². The lowest BCUT2D eigenvalue weighted by molar-refractivity contribution is -0.156. The fourth-order valence-corrected chi connectivity index (χ4v) is 3.57. The van der Waals surface area contributed by atoms with Crippen LogP contribution in [0.3, 0.4) is 0 Å². The highest BCUT2D eigenvalue weighted by Gasteiger charge is 2.55. The molecule has 156 valence electrons. The third-order valence-electron chi connectivity index (χ3n) is 5.12.